The Labute approximate surface area is 72.6 Å². The van der Waals surface area contributed by atoms with Gasteiger partial charge in [-0.05, 0) is 30.9 Å². The smallest absolute Gasteiger partial charge is 0.130 e. The first kappa shape index (κ1) is 9.04. The van der Waals surface area contributed by atoms with Crippen molar-refractivity contribution in [3.8, 4) is 0 Å². The Balaban J connectivity index is 2.65. The fourth-order valence-corrected chi connectivity index (χ4v) is 1.46. The summed E-state index contributed by atoms with van der Waals surface area (Å²) < 4.78 is 0. The summed E-state index contributed by atoms with van der Waals surface area (Å²) in [7, 11) is 0. The normalized spacial score (nSPS) is 28.3. The molecule has 0 aromatic heterocycles. The van der Waals surface area contributed by atoms with Gasteiger partial charge in [-0.1, -0.05) is 13.0 Å². The number of ketones is 1. The van der Waals surface area contributed by atoms with Gasteiger partial charge in [0.2, 0.25) is 0 Å². The van der Waals surface area contributed by atoms with E-state index in [4.69, 9.17) is 5.11 Å². The molecule has 66 valence electrons. The number of aliphatic hydroxyl groups excluding tert-OH is 1. The molecule has 0 aliphatic heterocycles. The van der Waals surface area contributed by atoms with Crippen molar-refractivity contribution in [3.63, 3.8) is 0 Å². The lowest BCUT2D eigenvalue weighted by atomic mass is 9.79. The molecule has 1 N–H and O–H groups in total. The summed E-state index contributed by atoms with van der Waals surface area (Å²) in [6, 6.07) is 0. The maximum absolute atomic E-state index is 10.9. The standard InChI is InChI=1S/C10H14O2/c1-8(11)7-10(2)5-3-9(12)4-6-10/h3-5,12H,6-7H2,1-2H3. The Morgan fingerprint density at radius 3 is 2.83 bits per heavy atom. The van der Waals surface area contributed by atoms with Crippen LogP contribution >= 0.6 is 0 Å². The third kappa shape index (κ3) is 2.22. The van der Waals surface area contributed by atoms with Gasteiger partial charge in [0.1, 0.15) is 11.5 Å². The first-order chi connectivity index (χ1) is 5.52. The van der Waals surface area contributed by atoms with E-state index in [0.717, 1.165) is 6.42 Å². The second-order valence-corrected chi connectivity index (χ2v) is 3.70. The quantitative estimate of drug-likeness (QED) is 0.683. The van der Waals surface area contributed by atoms with Crippen LogP contribution in [-0.4, -0.2) is 10.9 Å². The Bertz CT molecular complexity index is 251. The minimum atomic E-state index is -0.0853. The molecular weight excluding hydrogens is 152 g/mol. The summed E-state index contributed by atoms with van der Waals surface area (Å²) in [4.78, 5) is 10.9. The second-order valence-electron chi connectivity index (χ2n) is 3.70. The van der Waals surface area contributed by atoms with Gasteiger partial charge in [-0.2, -0.15) is 0 Å². The molecule has 1 unspecified atom stereocenters. The predicted octanol–water partition coefficient (Wildman–Crippen LogP) is 2.37. The van der Waals surface area contributed by atoms with E-state index < -0.39 is 0 Å². The van der Waals surface area contributed by atoms with E-state index in [1.54, 1.807) is 19.1 Å². The van der Waals surface area contributed by atoms with Gasteiger partial charge in [0.15, 0.2) is 0 Å². The van der Waals surface area contributed by atoms with Crippen LogP contribution in [0.15, 0.2) is 24.0 Å². The molecule has 0 amide bonds. The van der Waals surface area contributed by atoms with Crippen molar-refractivity contribution in [2.45, 2.75) is 26.7 Å². The largest absolute Gasteiger partial charge is 0.508 e. The lowest BCUT2D eigenvalue weighted by Gasteiger charge is -2.25. The van der Waals surface area contributed by atoms with Crippen LogP contribution in [0.25, 0.3) is 0 Å². The highest BCUT2D eigenvalue weighted by Gasteiger charge is 2.23. The fourth-order valence-electron chi connectivity index (χ4n) is 1.46. The number of carbonyl (C=O) groups excluding carboxylic acids is 1. The van der Waals surface area contributed by atoms with Gasteiger partial charge < -0.3 is 5.11 Å². The molecule has 0 saturated carbocycles. The van der Waals surface area contributed by atoms with Gasteiger partial charge in [0, 0.05) is 6.42 Å². The first-order valence-corrected chi connectivity index (χ1v) is 4.10. The Morgan fingerprint density at radius 2 is 2.42 bits per heavy atom. The lowest BCUT2D eigenvalue weighted by molar-refractivity contribution is -0.118. The van der Waals surface area contributed by atoms with E-state index in [1.807, 2.05) is 13.0 Å². The highest BCUT2D eigenvalue weighted by atomic mass is 16.3. The number of allylic oxidation sites excluding steroid dienone is 3. The number of carbonyl (C=O) groups is 1. The summed E-state index contributed by atoms with van der Waals surface area (Å²) in [6.07, 6.45) is 6.61. The zero-order valence-corrected chi connectivity index (χ0v) is 7.50. The van der Waals surface area contributed by atoms with Crippen molar-refractivity contribution in [2.24, 2.45) is 5.41 Å². The van der Waals surface area contributed by atoms with Crippen molar-refractivity contribution < 1.29 is 9.90 Å². The minimum absolute atomic E-state index is 0.0853. The molecular formula is C10H14O2. The number of hydrogen-bond acceptors (Lipinski definition) is 2. The molecule has 1 atom stereocenters. The van der Waals surface area contributed by atoms with Crippen LogP contribution in [0.2, 0.25) is 0 Å². The summed E-state index contributed by atoms with van der Waals surface area (Å²) in [6.45, 7) is 3.62. The van der Waals surface area contributed by atoms with Gasteiger partial charge >= 0.3 is 0 Å². The van der Waals surface area contributed by atoms with Crippen molar-refractivity contribution in [1.29, 1.82) is 0 Å². The molecule has 0 fully saturated rings. The number of Topliss-reactive ketones (excluding diaryl/α,β-unsaturated/α-hetero) is 1. The van der Waals surface area contributed by atoms with Gasteiger partial charge in [0.05, 0.1) is 0 Å². The molecule has 2 heteroatoms. The van der Waals surface area contributed by atoms with Crippen molar-refractivity contribution in [1.82, 2.24) is 0 Å². The fraction of sp³-hybridized carbons (Fsp3) is 0.500. The molecule has 0 aromatic rings. The average molecular weight is 166 g/mol. The van der Waals surface area contributed by atoms with Gasteiger partial charge in [-0.15, -0.1) is 0 Å². The van der Waals surface area contributed by atoms with Crippen molar-refractivity contribution in [3.05, 3.63) is 24.0 Å². The van der Waals surface area contributed by atoms with E-state index >= 15 is 0 Å². The maximum Gasteiger partial charge on any atom is 0.130 e. The molecule has 2 nitrogen and oxygen atoms in total. The van der Waals surface area contributed by atoms with Crippen LogP contribution in [0, 0.1) is 5.41 Å². The SMILES string of the molecule is CC(=O)CC1(C)C=CC(O)=CC1. The summed E-state index contributed by atoms with van der Waals surface area (Å²) in [5.74, 6) is 0.493. The van der Waals surface area contributed by atoms with Crippen LogP contribution in [-0.2, 0) is 4.79 Å². The number of aliphatic hydroxyl groups is 1. The van der Waals surface area contributed by atoms with E-state index in [9.17, 15) is 4.79 Å². The monoisotopic (exact) mass is 166 g/mol. The predicted molar refractivity (Wildman–Crippen MR) is 47.9 cm³/mol. The summed E-state index contributed by atoms with van der Waals surface area (Å²) >= 11 is 0. The zero-order chi connectivity index (χ0) is 9.19. The molecule has 0 radical (unpaired) electrons. The van der Waals surface area contributed by atoms with Crippen LogP contribution in [0.1, 0.15) is 26.7 Å². The topological polar surface area (TPSA) is 37.3 Å². The maximum atomic E-state index is 10.9. The van der Waals surface area contributed by atoms with Crippen LogP contribution in [0.5, 0.6) is 0 Å². The van der Waals surface area contributed by atoms with Gasteiger partial charge in [0.25, 0.3) is 0 Å². The van der Waals surface area contributed by atoms with E-state index in [1.165, 1.54) is 0 Å². The summed E-state index contributed by atoms with van der Waals surface area (Å²) in [5.41, 5.74) is -0.0853. The Kier molecular flexibility index (Phi) is 2.36. The molecule has 12 heavy (non-hydrogen) atoms. The Morgan fingerprint density at radius 1 is 1.75 bits per heavy atom. The van der Waals surface area contributed by atoms with Crippen molar-refractivity contribution in [2.75, 3.05) is 0 Å². The third-order valence-corrected chi connectivity index (χ3v) is 2.09. The Hall–Kier alpha value is -1.05. The van der Waals surface area contributed by atoms with E-state index in [0.29, 0.717) is 12.2 Å². The number of rotatable bonds is 2. The zero-order valence-electron chi connectivity index (χ0n) is 7.50. The van der Waals surface area contributed by atoms with Crippen molar-refractivity contribution >= 4 is 5.78 Å². The molecule has 0 saturated heterocycles. The average Bonchev–Trinajstić information content (AvgIpc) is 1.94. The van der Waals surface area contributed by atoms with Gasteiger partial charge in [-0.3, -0.25) is 4.79 Å². The molecule has 1 aliphatic rings. The van der Waals surface area contributed by atoms with E-state index in [-0.39, 0.29) is 11.2 Å². The number of hydrogen-bond donors (Lipinski definition) is 1. The van der Waals surface area contributed by atoms with E-state index in [2.05, 4.69) is 0 Å². The molecule has 1 rings (SSSR count). The second kappa shape index (κ2) is 3.13. The molecule has 0 aromatic carbocycles. The van der Waals surface area contributed by atoms with Crippen LogP contribution in [0.3, 0.4) is 0 Å². The highest BCUT2D eigenvalue weighted by molar-refractivity contribution is 5.76. The molecule has 0 spiro atoms. The first-order valence-electron chi connectivity index (χ1n) is 4.10. The molecule has 0 heterocycles. The van der Waals surface area contributed by atoms with Crippen LogP contribution in [0.4, 0.5) is 0 Å². The van der Waals surface area contributed by atoms with Gasteiger partial charge in [-0.25, -0.2) is 0 Å². The molecule has 1 aliphatic carbocycles. The lowest BCUT2D eigenvalue weighted by Crippen LogP contribution is -2.18. The van der Waals surface area contributed by atoms with Crippen LogP contribution < -0.4 is 0 Å². The third-order valence-electron chi connectivity index (χ3n) is 2.09. The minimum Gasteiger partial charge on any atom is -0.508 e. The highest BCUT2D eigenvalue weighted by Crippen LogP contribution is 2.32. The molecule has 0 bridgehead atoms. The summed E-state index contributed by atoms with van der Waals surface area (Å²) in [5, 5.41) is 9.06.